The molecule has 1 N–H and O–H groups in total. The molecule has 0 heterocycles. The highest BCUT2D eigenvalue weighted by atomic mass is 16.5. The SMILES string of the molecule is CCCCCCCCCCCCCCCCOc1ccc(C(=O)Nc2ccc(OC(=O)c3ccc(OCCCCCCCCCCCCCCCC)c(OCCCCCCCCCCCCCCCC)c3)c(=O)cc2)cc1OCCCCCCCCCCCCCCCC. The van der Waals surface area contributed by atoms with E-state index in [1.165, 1.54) is 326 Å². The molecule has 0 saturated heterocycles. The average molecular weight is 1310 g/mol. The summed E-state index contributed by atoms with van der Waals surface area (Å²) >= 11 is 0. The highest BCUT2D eigenvalue weighted by Gasteiger charge is 2.17. The lowest BCUT2D eigenvalue weighted by molar-refractivity contribution is 0.0732. The lowest BCUT2D eigenvalue weighted by Gasteiger charge is -2.14. The van der Waals surface area contributed by atoms with Crippen LogP contribution in [-0.4, -0.2) is 38.3 Å². The Labute approximate surface area is 577 Å². The number of nitrogens with one attached hydrogen (secondary N) is 1. The van der Waals surface area contributed by atoms with Gasteiger partial charge in [0.25, 0.3) is 5.91 Å². The van der Waals surface area contributed by atoms with E-state index < -0.39 is 11.4 Å². The fourth-order valence-corrected chi connectivity index (χ4v) is 12.7. The molecule has 3 rings (SSSR count). The standard InChI is InChI=1S/C85H143NO8/c1-5-9-13-17-21-25-29-33-37-41-45-49-53-57-69-90-80-66-61-75(73-82(80)92-71-59-55-51-47-43-39-35-31-27-23-19-15-11-7-3)84(88)86-77-63-65-78(87)79(68-64-77)94-85(89)76-62-67-81(91-70-58-54-50-46-42-38-34-30-26-22-18-14-10-6-2)83(74-76)93-72-60-56-52-48-44-40-36-32-28-24-20-16-12-8-4/h61-68,73-74H,5-60,69-72H2,1-4H3,(H,86,88). The van der Waals surface area contributed by atoms with Gasteiger partial charge in [-0.25, -0.2) is 4.79 Å². The summed E-state index contributed by atoms with van der Waals surface area (Å²) in [5.41, 5.74) is 0.561. The summed E-state index contributed by atoms with van der Waals surface area (Å²) < 4.78 is 31.2. The molecule has 0 unspecified atom stereocenters. The van der Waals surface area contributed by atoms with Crippen LogP contribution in [0.25, 0.3) is 0 Å². The molecule has 0 aliphatic carbocycles. The molecule has 536 valence electrons. The molecular weight excluding hydrogens is 1160 g/mol. The third kappa shape index (κ3) is 45.8. The van der Waals surface area contributed by atoms with Crippen molar-refractivity contribution in [2.24, 2.45) is 0 Å². The van der Waals surface area contributed by atoms with Gasteiger partial charge in [0.15, 0.2) is 28.7 Å². The number of benzene rings is 2. The number of carbonyl (C=O) groups is 2. The van der Waals surface area contributed by atoms with Gasteiger partial charge in [-0.1, -0.05) is 362 Å². The predicted molar refractivity (Wildman–Crippen MR) is 402 cm³/mol. The molecule has 94 heavy (non-hydrogen) atoms. The fraction of sp³-hybridized carbons (Fsp3) is 0.753. The van der Waals surface area contributed by atoms with Crippen molar-refractivity contribution in [2.45, 2.75) is 387 Å². The molecule has 3 aromatic carbocycles. The first-order valence-corrected chi connectivity index (χ1v) is 40.4. The van der Waals surface area contributed by atoms with Crippen molar-refractivity contribution in [3.05, 3.63) is 82.0 Å². The van der Waals surface area contributed by atoms with E-state index >= 15 is 0 Å². The van der Waals surface area contributed by atoms with Crippen LogP contribution in [0.5, 0.6) is 28.7 Å². The number of ether oxygens (including phenoxy) is 5. The molecule has 0 aromatic heterocycles. The maximum atomic E-state index is 13.9. The fourth-order valence-electron chi connectivity index (χ4n) is 12.7. The van der Waals surface area contributed by atoms with Crippen LogP contribution >= 0.6 is 0 Å². The van der Waals surface area contributed by atoms with Gasteiger partial charge in [-0.15, -0.1) is 0 Å². The van der Waals surface area contributed by atoms with Crippen molar-refractivity contribution in [1.29, 1.82) is 0 Å². The quantitative estimate of drug-likeness (QED) is 0.0440. The number of hydrogen-bond acceptors (Lipinski definition) is 8. The molecule has 0 aliphatic rings. The van der Waals surface area contributed by atoms with Gasteiger partial charge in [0, 0.05) is 11.3 Å². The van der Waals surface area contributed by atoms with Crippen LogP contribution in [-0.2, 0) is 0 Å². The minimum Gasteiger partial charge on any atom is -0.490 e. The number of amides is 1. The van der Waals surface area contributed by atoms with Crippen molar-refractivity contribution in [2.75, 3.05) is 31.7 Å². The number of esters is 1. The molecule has 0 bridgehead atoms. The minimum atomic E-state index is -0.679. The van der Waals surface area contributed by atoms with Crippen LogP contribution in [0, 0.1) is 0 Å². The highest BCUT2D eigenvalue weighted by Crippen LogP contribution is 2.32. The zero-order valence-corrected chi connectivity index (χ0v) is 61.5. The number of rotatable bonds is 68. The smallest absolute Gasteiger partial charge is 0.343 e. The van der Waals surface area contributed by atoms with Crippen molar-refractivity contribution in [1.82, 2.24) is 0 Å². The second kappa shape index (κ2) is 62.0. The lowest BCUT2D eigenvalue weighted by atomic mass is 10.0. The molecule has 1 amide bonds. The van der Waals surface area contributed by atoms with E-state index in [0.717, 1.165) is 51.4 Å². The van der Waals surface area contributed by atoms with E-state index in [1.807, 2.05) is 6.07 Å². The Bertz CT molecular complexity index is 2300. The topological polar surface area (TPSA) is 109 Å². The molecule has 9 heteroatoms. The average Bonchev–Trinajstić information content (AvgIpc) is 1.15. The molecule has 9 nitrogen and oxygen atoms in total. The Morgan fingerprint density at radius 3 is 0.798 bits per heavy atom. The van der Waals surface area contributed by atoms with Gasteiger partial charge in [-0.3, -0.25) is 9.59 Å². The van der Waals surface area contributed by atoms with E-state index in [-0.39, 0.29) is 17.2 Å². The maximum absolute atomic E-state index is 13.9. The Morgan fingerprint density at radius 1 is 0.266 bits per heavy atom. The number of hydrogen-bond donors (Lipinski definition) is 1. The number of anilines is 1. The van der Waals surface area contributed by atoms with E-state index in [9.17, 15) is 14.4 Å². The summed E-state index contributed by atoms with van der Waals surface area (Å²) in [6.45, 7) is 11.4. The van der Waals surface area contributed by atoms with E-state index in [1.54, 1.807) is 36.4 Å². The van der Waals surface area contributed by atoms with Crippen LogP contribution in [0.15, 0.2) is 65.5 Å². The summed E-state index contributed by atoms with van der Waals surface area (Å²) in [4.78, 5) is 41.2. The van der Waals surface area contributed by atoms with Crippen molar-refractivity contribution in [3.8, 4) is 28.7 Å². The Kier molecular flexibility index (Phi) is 55.2. The normalized spacial score (nSPS) is 11.3. The van der Waals surface area contributed by atoms with Gasteiger partial charge in [0.05, 0.1) is 32.0 Å². The van der Waals surface area contributed by atoms with Crippen molar-refractivity contribution in [3.63, 3.8) is 0 Å². The van der Waals surface area contributed by atoms with E-state index in [2.05, 4.69) is 33.0 Å². The molecular formula is C85H143NO8. The first-order chi connectivity index (χ1) is 46.4. The summed E-state index contributed by atoms with van der Waals surface area (Å²) in [7, 11) is 0. The lowest BCUT2D eigenvalue weighted by Crippen LogP contribution is -2.13. The minimum absolute atomic E-state index is 0.145. The van der Waals surface area contributed by atoms with Gasteiger partial charge >= 0.3 is 5.97 Å². The molecule has 0 radical (unpaired) electrons. The van der Waals surface area contributed by atoms with Crippen LogP contribution in [0.1, 0.15) is 408 Å². The largest absolute Gasteiger partial charge is 0.490 e. The zero-order chi connectivity index (χ0) is 67.1. The molecule has 0 aliphatic heterocycles. The summed E-state index contributed by atoms with van der Waals surface area (Å²) in [5, 5.41) is 2.96. The Balaban J connectivity index is 1.57. The molecule has 3 aromatic rings. The number of carbonyl (C=O) groups excluding carboxylic acids is 2. The van der Waals surface area contributed by atoms with Gasteiger partial charge in [-0.2, -0.15) is 0 Å². The Hall–Kier alpha value is -4.53. The maximum Gasteiger partial charge on any atom is 0.343 e. The second-order valence-corrected chi connectivity index (χ2v) is 27.8. The van der Waals surface area contributed by atoms with E-state index in [4.69, 9.17) is 23.7 Å². The summed E-state index contributed by atoms with van der Waals surface area (Å²) in [6.07, 6.45) is 72.5. The van der Waals surface area contributed by atoms with Crippen molar-refractivity contribution < 1.29 is 33.3 Å². The molecule has 0 atom stereocenters. The van der Waals surface area contributed by atoms with Gasteiger partial charge in [0.2, 0.25) is 5.43 Å². The number of unbranched alkanes of at least 4 members (excludes halogenated alkanes) is 52. The second-order valence-electron chi connectivity index (χ2n) is 27.8. The van der Waals surface area contributed by atoms with Crippen LogP contribution < -0.4 is 34.4 Å². The predicted octanol–water partition coefficient (Wildman–Crippen LogP) is 27.0. The van der Waals surface area contributed by atoms with Crippen LogP contribution in [0.4, 0.5) is 5.69 Å². The summed E-state index contributed by atoms with van der Waals surface area (Å²) in [5.74, 6) is 1.15. The van der Waals surface area contributed by atoms with Crippen molar-refractivity contribution >= 4 is 17.6 Å². The van der Waals surface area contributed by atoms with Gasteiger partial charge in [0.1, 0.15) is 0 Å². The van der Waals surface area contributed by atoms with Gasteiger partial charge < -0.3 is 29.0 Å². The highest BCUT2D eigenvalue weighted by molar-refractivity contribution is 6.04. The van der Waals surface area contributed by atoms with Crippen LogP contribution in [0.2, 0.25) is 0 Å². The monoisotopic (exact) mass is 1310 g/mol. The molecule has 0 fully saturated rings. The molecule has 0 saturated carbocycles. The van der Waals surface area contributed by atoms with Crippen LogP contribution in [0.3, 0.4) is 0 Å². The first kappa shape index (κ1) is 83.7. The molecule has 0 spiro atoms. The zero-order valence-electron chi connectivity index (χ0n) is 61.5. The van der Waals surface area contributed by atoms with Gasteiger partial charge in [-0.05, 0) is 86.3 Å². The van der Waals surface area contributed by atoms with E-state index in [0.29, 0.717) is 60.7 Å². The third-order valence-corrected chi connectivity index (χ3v) is 18.9. The Morgan fingerprint density at radius 2 is 0.500 bits per heavy atom. The summed E-state index contributed by atoms with van der Waals surface area (Å²) in [6, 6.07) is 16.4. The first-order valence-electron chi connectivity index (χ1n) is 40.4. The third-order valence-electron chi connectivity index (χ3n) is 18.9.